The van der Waals surface area contributed by atoms with E-state index in [0.717, 1.165) is 23.4 Å². The second kappa shape index (κ2) is 8.96. The average Bonchev–Trinajstić information content (AvgIpc) is 3.45. The molecule has 1 saturated heterocycles. The molecule has 6 nitrogen and oxygen atoms in total. The summed E-state index contributed by atoms with van der Waals surface area (Å²) in [5, 5.41) is 0. The highest BCUT2D eigenvalue weighted by Crippen LogP contribution is 2.33. The van der Waals surface area contributed by atoms with Crippen molar-refractivity contribution in [1.29, 1.82) is 0 Å². The van der Waals surface area contributed by atoms with Gasteiger partial charge in [-0.1, -0.05) is 12.1 Å². The monoisotopic (exact) mass is 465 g/mol. The quantitative estimate of drug-likeness (QED) is 0.412. The van der Waals surface area contributed by atoms with Gasteiger partial charge < -0.3 is 14.4 Å². The lowest BCUT2D eigenvalue weighted by molar-refractivity contribution is 0.193. The smallest absolute Gasteiger partial charge is 0.275 e. The minimum absolute atomic E-state index is 0.165. The summed E-state index contributed by atoms with van der Waals surface area (Å²) in [5.74, 6) is 0.925. The van der Waals surface area contributed by atoms with Gasteiger partial charge in [-0.05, 0) is 62.3 Å². The Hall–Kier alpha value is -3.23. The van der Waals surface area contributed by atoms with Gasteiger partial charge in [-0.15, -0.1) is 11.3 Å². The minimum Gasteiger partial charge on any atom is -0.493 e. The zero-order valence-corrected chi connectivity index (χ0v) is 19.3. The van der Waals surface area contributed by atoms with Crippen molar-refractivity contribution >= 4 is 21.6 Å². The lowest BCUT2D eigenvalue weighted by Crippen LogP contribution is -2.30. The molecule has 0 saturated carbocycles. The summed E-state index contributed by atoms with van der Waals surface area (Å²) in [6.45, 7) is 1.69. The fourth-order valence-corrected chi connectivity index (χ4v) is 5.20. The Kier molecular flexibility index (Phi) is 5.86. The van der Waals surface area contributed by atoms with Crippen LogP contribution < -0.4 is 15.0 Å². The van der Waals surface area contributed by atoms with E-state index in [1.165, 1.54) is 40.8 Å². The Bertz CT molecular complexity index is 1350. The molecule has 2 aromatic heterocycles. The number of rotatable bonds is 6. The summed E-state index contributed by atoms with van der Waals surface area (Å²) >= 11 is 1.35. The SMILES string of the molecule is COc1cc(-n2cnc3cc(-c4ccc(F)cc4)sc3c2=O)ccc1OCC1CCCN1C. The van der Waals surface area contributed by atoms with Crippen LogP contribution in [-0.2, 0) is 0 Å². The highest BCUT2D eigenvalue weighted by Gasteiger charge is 2.22. The van der Waals surface area contributed by atoms with Gasteiger partial charge in [-0.2, -0.15) is 0 Å². The van der Waals surface area contributed by atoms with Crippen molar-refractivity contribution < 1.29 is 13.9 Å². The number of benzene rings is 2. The van der Waals surface area contributed by atoms with Gasteiger partial charge in [0.05, 0.1) is 18.3 Å². The molecule has 1 aliphatic rings. The van der Waals surface area contributed by atoms with Gasteiger partial charge in [0.15, 0.2) is 11.5 Å². The zero-order valence-electron chi connectivity index (χ0n) is 18.5. The maximum absolute atomic E-state index is 13.3. The van der Waals surface area contributed by atoms with Gasteiger partial charge in [0, 0.05) is 17.0 Å². The lowest BCUT2D eigenvalue weighted by Gasteiger charge is -2.20. The maximum Gasteiger partial charge on any atom is 0.275 e. The molecule has 0 spiro atoms. The summed E-state index contributed by atoms with van der Waals surface area (Å²) < 4.78 is 26.9. The van der Waals surface area contributed by atoms with Gasteiger partial charge in [0.1, 0.15) is 23.5 Å². The number of hydrogen-bond acceptors (Lipinski definition) is 6. The van der Waals surface area contributed by atoms with Crippen LogP contribution in [0.15, 0.2) is 59.7 Å². The average molecular weight is 466 g/mol. The molecule has 0 N–H and O–H groups in total. The molecule has 2 aromatic carbocycles. The Balaban J connectivity index is 1.45. The number of fused-ring (bicyclic) bond motifs is 1. The first kappa shape index (κ1) is 21.6. The van der Waals surface area contributed by atoms with Crippen LogP contribution in [0.4, 0.5) is 4.39 Å². The number of methoxy groups -OCH3 is 1. The molecule has 33 heavy (non-hydrogen) atoms. The predicted molar refractivity (Wildman–Crippen MR) is 128 cm³/mol. The summed E-state index contributed by atoms with van der Waals surface area (Å²) in [6, 6.07) is 13.9. The molecule has 0 amide bonds. The second-order valence-corrected chi connectivity index (χ2v) is 9.23. The van der Waals surface area contributed by atoms with E-state index in [1.807, 2.05) is 18.2 Å². The molecular formula is C25H24FN3O3S. The molecule has 5 rings (SSSR count). The van der Waals surface area contributed by atoms with Gasteiger partial charge in [0.25, 0.3) is 5.56 Å². The first-order chi connectivity index (χ1) is 16.0. The predicted octanol–water partition coefficient (Wildman–Crippen LogP) is 4.73. The van der Waals surface area contributed by atoms with E-state index >= 15 is 0 Å². The van der Waals surface area contributed by atoms with Gasteiger partial charge in [-0.25, -0.2) is 9.37 Å². The molecule has 0 aliphatic carbocycles. The van der Waals surface area contributed by atoms with E-state index in [0.29, 0.717) is 40.1 Å². The molecule has 4 aromatic rings. The second-order valence-electron chi connectivity index (χ2n) is 8.17. The molecule has 1 unspecified atom stereocenters. The van der Waals surface area contributed by atoms with E-state index < -0.39 is 0 Å². The number of likely N-dealkylation sites (tertiary alicyclic amines) is 1. The molecular weight excluding hydrogens is 441 g/mol. The van der Waals surface area contributed by atoms with Crippen molar-refractivity contribution in [2.45, 2.75) is 18.9 Å². The van der Waals surface area contributed by atoms with E-state index in [1.54, 1.807) is 25.3 Å². The van der Waals surface area contributed by atoms with E-state index in [9.17, 15) is 9.18 Å². The first-order valence-corrected chi connectivity index (χ1v) is 11.6. The molecule has 1 aliphatic heterocycles. The summed E-state index contributed by atoms with van der Waals surface area (Å²) in [4.78, 5) is 20.9. The van der Waals surface area contributed by atoms with Gasteiger partial charge >= 0.3 is 0 Å². The molecule has 8 heteroatoms. The summed E-state index contributed by atoms with van der Waals surface area (Å²) in [7, 11) is 3.70. The van der Waals surface area contributed by atoms with Crippen molar-refractivity contribution in [2.24, 2.45) is 0 Å². The Labute approximate surface area is 194 Å². The number of thiophene rings is 1. The molecule has 1 fully saturated rings. The van der Waals surface area contributed by atoms with Crippen LogP contribution in [0.2, 0.25) is 0 Å². The summed E-state index contributed by atoms with van der Waals surface area (Å²) in [6.07, 6.45) is 3.83. The lowest BCUT2D eigenvalue weighted by atomic mass is 10.2. The third kappa shape index (κ3) is 4.24. The van der Waals surface area contributed by atoms with Crippen molar-refractivity contribution in [2.75, 3.05) is 27.3 Å². The van der Waals surface area contributed by atoms with Crippen molar-refractivity contribution in [3.63, 3.8) is 0 Å². The zero-order chi connectivity index (χ0) is 22.9. The molecule has 170 valence electrons. The van der Waals surface area contributed by atoms with Crippen LogP contribution >= 0.6 is 11.3 Å². The molecule has 3 heterocycles. The van der Waals surface area contributed by atoms with Crippen molar-refractivity contribution in [3.05, 3.63) is 71.0 Å². The molecule has 0 radical (unpaired) electrons. The highest BCUT2D eigenvalue weighted by molar-refractivity contribution is 7.22. The number of ether oxygens (including phenoxy) is 2. The molecule has 1 atom stereocenters. The highest BCUT2D eigenvalue weighted by atomic mass is 32.1. The number of nitrogens with zero attached hydrogens (tertiary/aromatic N) is 3. The molecule has 0 bridgehead atoms. The Morgan fingerprint density at radius 2 is 1.97 bits per heavy atom. The Morgan fingerprint density at radius 1 is 1.15 bits per heavy atom. The topological polar surface area (TPSA) is 56.6 Å². The van der Waals surface area contributed by atoms with Crippen molar-refractivity contribution in [1.82, 2.24) is 14.5 Å². The van der Waals surface area contributed by atoms with Crippen LogP contribution in [0.1, 0.15) is 12.8 Å². The van der Waals surface area contributed by atoms with Crippen LogP contribution in [0.25, 0.3) is 26.3 Å². The maximum atomic E-state index is 13.3. The Morgan fingerprint density at radius 3 is 2.70 bits per heavy atom. The van der Waals surface area contributed by atoms with Crippen molar-refractivity contribution in [3.8, 4) is 27.6 Å². The summed E-state index contributed by atoms with van der Waals surface area (Å²) in [5.41, 5.74) is 1.95. The largest absolute Gasteiger partial charge is 0.493 e. The third-order valence-electron chi connectivity index (χ3n) is 6.09. The van der Waals surface area contributed by atoms with E-state index in [2.05, 4.69) is 16.9 Å². The van der Waals surface area contributed by atoms with E-state index in [-0.39, 0.29) is 11.4 Å². The van der Waals surface area contributed by atoms with Crippen LogP contribution in [0, 0.1) is 5.82 Å². The van der Waals surface area contributed by atoms with Crippen LogP contribution in [0.5, 0.6) is 11.5 Å². The fourth-order valence-electron chi connectivity index (χ4n) is 4.15. The third-order valence-corrected chi connectivity index (χ3v) is 7.26. The van der Waals surface area contributed by atoms with Crippen LogP contribution in [0.3, 0.4) is 0 Å². The number of likely N-dealkylation sites (N-methyl/N-ethyl adjacent to an activating group) is 1. The number of hydrogen-bond donors (Lipinski definition) is 0. The minimum atomic E-state index is -0.294. The van der Waals surface area contributed by atoms with Crippen LogP contribution in [-0.4, -0.2) is 47.8 Å². The standard InChI is InChI=1S/C25H24FN3O3S/c1-28-11-3-4-19(28)14-32-21-10-9-18(12-22(21)31-2)29-15-27-20-13-23(33-24(20)25(29)30)16-5-7-17(26)8-6-16/h5-10,12-13,15,19H,3-4,11,14H2,1-2H3. The van der Waals surface area contributed by atoms with Gasteiger partial charge in [-0.3, -0.25) is 9.36 Å². The van der Waals surface area contributed by atoms with E-state index in [4.69, 9.17) is 9.47 Å². The van der Waals surface area contributed by atoms with Gasteiger partial charge in [0.2, 0.25) is 0 Å². The first-order valence-electron chi connectivity index (χ1n) is 10.8. The number of halogens is 1. The normalized spacial score (nSPS) is 16.4. The number of aromatic nitrogens is 2. The fraction of sp³-hybridized carbons (Fsp3) is 0.280.